The smallest absolute Gasteiger partial charge is 0.318 e. The van der Waals surface area contributed by atoms with Gasteiger partial charge in [0.25, 0.3) is 0 Å². The first-order valence-electron chi connectivity index (χ1n) is 8.26. The van der Waals surface area contributed by atoms with Crippen molar-refractivity contribution in [2.24, 2.45) is 5.92 Å². The van der Waals surface area contributed by atoms with E-state index in [1.165, 1.54) is 4.90 Å². The zero-order valence-corrected chi connectivity index (χ0v) is 15.9. The van der Waals surface area contributed by atoms with Crippen LogP contribution in [0.25, 0.3) is 0 Å². The lowest BCUT2D eigenvalue weighted by Crippen LogP contribution is -2.51. The summed E-state index contributed by atoms with van der Waals surface area (Å²) < 4.78 is 0. The number of carbonyl (C=O) groups excluding carboxylic acids is 2. The van der Waals surface area contributed by atoms with Gasteiger partial charge >= 0.3 is 6.03 Å². The number of urea groups is 1. The first-order chi connectivity index (χ1) is 11.3. The molecule has 0 aliphatic heterocycles. The molecular weight excluding hydrogens is 326 g/mol. The molecule has 1 aromatic carbocycles. The van der Waals surface area contributed by atoms with Crippen LogP contribution in [0.3, 0.4) is 0 Å². The van der Waals surface area contributed by atoms with E-state index < -0.39 is 6.04 Å². The third kappa shape index (κ3) is 6.04. The number of halogens is 1. The van der Waals surface area contributed by atoms with E-state index in [0.29, 0.717) is 30.5 Å². The topological polar surface area (TPSA) is 52.7 Å². The van der Waals surface area contributed by atoms with Crippen LogP contribution in [0.2, 0.25) is 5.02 Å². The Labute approximate surface area is 150 Å². The van der Waals surface area contributed by atoms with Gasteiger partial charge in [-0.3, -0.25) is 4.79 Å². The highest BCUT2D eigenvalue weighted by Gasteiger charge is 2.24. The van der Waals surface area contributed by atoms with Crippen molar-refractivity contribution in [1.29, 1.82) is 0 Å². The van der Waals surface area contributed by atoms with Crippen LogP contribution >= 0.6 is 11.6 Å². The average molecular weight is 354 g/mol. The van der Waals surface area contributed by atoms with Gasteiger partial charge in [-0.05, 0) is 24.0 Å². The summed E-state index contributed by atoms with van der Waals surface area (Å²) in [7, 11) is 3.37. The Hall–Kier alpha value is -1.75. The molecule has 1 aromatic rings. The maximum absolute atomic E-state index is 12.7. The molecule has 0 fully saturated rings. The first kappa shape index (κ1) is 20.3. The summed E-state index contributed by atoms with van der Waals surface area (Å²) in [4.78, 5) is 28.0. The summed E-state index contributed by atoms with van der Waals surface area (Å²) >= 11 is 6.22. The summed E-state index contributed by atoms with van der Waals surface area (Å²) in [6, 6.07) is 6.72. The molecule has 0 aromatic heterocycles. The van der Waals surface area contributed by atoms with E-state index in [-0.39, 0.29) is 11.9 Å². The number of hydrogen-bond donors (Lipinski definition) is 1. The van der Waals surface area contributed by atoms with E-state index in [2.05, 4.69) is 19.2 Å². The SMILES string of the molecule is CC[C@@H](NC(=O)N(Cc1ccccc1Cl)CC(C)C)C(=O)N(C)C. The fourth-order valence-electron chi connectivity index (χ4n) is 2.38. The highest BCUT2D eigenvalue weighted by atomic mass is 35.5. The van der Waals surface area contributed by atoms with E-state index in [1.54, 1.807) is 19.0 Å². The molecule has 1 N–H and O–H groups in total. The summed E-state index contributed by atoms with van der Waals surface area (Å²) in [6.45, 7) is 6.98. The Morgan fingerprint density at radius 3 is 2.33 bits per heavy atom. The maximum atomic E-state index is 12.7. The second-order valence-corrected chi connectivity index (χ2v) is 6.92. The summed E-state index contributed by atoms with van der Waals surface area (Å²) in [5.74, 6) is 0.205. The number of nitrogens with one attached hydrogen (secondary N) is 1. The molecule has 0 saturated carbocycles. The Kier molecular flexibility index (Phi) is 8.05. The Balaban J connectivity index is 2.88. The lowest BCUT2D eigenvalue weighted by molar-refractivity contribution is -0.130. The predicted molar refractivity (Wildman–Crippen MR) is 98.0 cm³/mol. The van der Waals surface area contributed by atoms with E-state index in [9.17, 15) is 9.59 Å². The van der Waals surface area contributed by atoms with E-state index in [1.807, 2.05) is 31.2 Å². The van der Waals surface area contributed by atoms with Gasteiger partial charge in [0.15, 0.2) is 0 Å². The van der Waals surface area contributed by atoms with E-state index in [0.717, 1.165) is 5.56 Å². The molecule has 0 radical (unpaired) electrons. The minimum atomic E-state index is -0.520. The molecule has 0 aliphatic carbocycles. The van der Waals surface area contributed by atoms with Gasteiger partial charge in [-0.15, -0.1) is 0 Å². The number of benzene rings is 1. The van der Waals surface area contributed by atoms with Crippen LogP contribution in [0.15, 0.2) is 24.3 Å². The van der Waals surface area contributed by atoms with Crippen molar-refractivity contribution in [3.63, 3.8) is 0 Å². The van der Waals surface area contributed by atoms with Gasteiger partial charge in [-0.2, -0.15) is 0 Å². The van der Waals surface area contributed by atoms with Crippen molar-refractivity contribution < 1.29 is 9.59 Å². The molecule has 24 heavy (non-hydrogen) atoms. The lowest BCUT2D eigenvalue weighted by atomic mass is 10.1. The predicted octanol–water partition coefficient (Wildman–Crippen LogP) is 3.37. The minimum Gasteiger partial charge on any atom is -0.347 e. The maximum Gasteiger partial charge on any atom is 0.318 e. The van der Waals surface area contributed by atoms with Crippen LogP contribution in [-0.2, 0) is 11.3 Å². The van der Waals surface area contributed by atoms with Gasteiger partial charge in [0.1, 0.15) is 6.04 Å². The third-order valence-corrected chi connectivity index (χ3v) is 4.01. The average Bonchev–Trinajstić information content (AvgIpc) is 2.52. The van der Waals surface area contributed by atoms with E-state index >= 15 is 0 Å². The molecule has 0 spiro atoms. The molecule has 5 nitrogen and oxygen atoms in total. The fourth-order valence-corrected chi connectivity index (χ4v) is 2.58. The van der Waals surface area contributed by atoms with Gasteiger partial charge in [0.2, 0.25) is 5.91 Å². The van der Waals surface area contributed by atoms with Crippen LogP contribution in [0, 0.1) is 5.92 Å². The normalized spacial score (nSPS) is 12.0. The quantitative estimate of drug-likeness (QED) is 0.817. The van der Waals surface area contributed by atoms with Crippen LogP contribution in [0.5, 0.6) is 0 Å². The number of amides is 3. The molecule has 0 bridgehead atoms. The van der Waals surface area contributed by atoms with Gasteiger partial charge in [0, 0.05) is 32.2 Å². The molecule has 1 rings (SSSR count). The number of likely N-dealkylation sites (N-methyl/N-ethyl adjacent to an activating group) is 1. The molecule has 6 heteroatoms. The largest absolute Gasteiger partial charge is 0.347 e. The van der Waals surface area contributed by atoms with Crippen molar-refractivity contribution >= 4 is 23.5 Å². The zero-order chi connectivity index (χ0) is 18.3. The van der Waals surface area contributed by atoms with Gasteiger partial charge < -0.3 is 15.1 Å². The van der Waals surface area contributed by atoms with Gasteiger partial charge in [-0.25, -0.2) is 4.79 Å². The Bertz CT molecular complexity index is 561. The molecule has 0 unspecified atom stereocenters. The summed E-state index contributed by atoms with van der Waals surface area (Å²) in [5, 5.41) is 3.48. The molecule has 134 valence electrons. The monoisotopic (exact) mass is 353 g/mol. The number of rotatable bonds is 7. The fraction of sp³-hybridized carbons (Fsp3) is 0.556. The number of carbonyl (C=O) groups is 2. The zero-order valence-electron chi connectivity index (χ0n) is 15.2. The van der Waals surface area contributed by atoms with Crippen LogP contribution in [0.1, 0.15) is 32.8 Å². The minimum absolute atomic E-state index is 0.104. The molecule has 0 aliphatic rings. The molecule has 3 amide bonds. The van der Waals surface area contributed by atoms with Crippen molar-refractivity contribution in [3.05, 3.63) is 34.9 Å². The molecule has 0 heterocycles. The lowest BCUT2D eigenvalue weighted by Gasteiger charge is -2.28. The van der Waals surface area contributed by atoms with Crippen LogP contribution < -0.4 is 5.32 Å². The molecule has 1 atom stereocenters. The second kappa shape index (κ2) is 9.52. The van der Waals surface area contributed by atoms with Crippen molar-refractivity contribution in [3.8, 4) is 0 Å². The molecule has 0 saturated heterocycles. The summed E-state index contributed by atoms with van der Waals surface area (Å²) in [5.41, 5.74) is 0.891. The van der Waals surface area contributed by atoms with E-state index in [4.69, 9.17) is 11.6 Å². The van der Waals surface area contributed by atoms with Crippen molar-refractivity contribution in [1.82, 2.24) is 15.1 Å². The van der Waals surface area contributed by atoms with Gasteiger partial charge in [-0.1, -0.05) is 50.6 Å². The Morgan fingerprint density at radius 1 is 1.21 bits per heavy atom. The first-order valence-corrected chi connectivity index (χ1v) is 8.64. The van der Waals surface area contributed by atoms with Gasteiger partial charge in [0.05, 0.1) is 0 Å². The third-order valence-electron chi connectivity index (χ3n) is 3.64. The van der Waals surface area contributed by atoms with Crippen molar-refractivity contribution in [2.45, 2.75) is 39.8 Å². The summed E-state index contributed by atoms with van der Waals surface area (Å²) in [6.07, 6.45) is 0.546. The second-order valence-electron chi connectivity index (χ2n) is 6.51. The van der Waals surface area contributed by atoms with Crippen molar-refractivity contribution in [2.75, 3.05) is 20.6 Å². The number of hydrogen-bond acceptors (Lipinski definition) is 2. The highest BCUT2D eigenvalue weighted by molar-refractivity contribution is 6.31. The Morgan fingerprint density at radius 2 is 1.83 bits per heavy atom. The van der Waals surface area contributed by atoms with Crippen LogP contribution in [0.4, 0.5) is 4.79 Å². The standard InChI is InChI=1S/C18H28ClN3O2/c1-6-16(17(23)21(4)5)20-18(24)22(11-13(2)3)12-14-9-7-8-10-15(14)19/h7-10,13,16H,6,11-12H2,1-5H3,(H,20,24)/t16-/m1/s1. The number of nitrogens with zero attached hydrogens (tertiary/aromatic N) is 2. The molecular formula is C18H28ClN3O2. The van der Waals surface area contributed by atoms with Crippen LogP contribution in [-0.4, -0.2) is 48.4 Å². The highest BCUT2D eigenvalue weighted by Crippen LogP contribution is 2.18.